The second-order valence-corrected chi connectivity index (χ2v) is 5.66. The van der Waals surface area contributed by atoms with Gasteiger partial charge in [0.2, 0.25) is 0 Å². The molecule has 2 aliphatic rings. The van der Waals surface area contributed by atoms with Crippen LogP contribution < -0.4 is 0 Å². The minimum absolute atomic E-state index is 0.00554. The van der Waals surface area contributed by atoms with E-state index in [0.717, 1.165) is 0 Å². The molecule has 0 unspecified atom stereocenters. The molecule has 0 aliphatic carbocycles. The molecular weight excluding hydrogens is 372 g/mol. The Morgan fingerprint density at radius 3 is 1.04 bits per heavy atom. The van der Waals surface area contributed by atoms with E-state index >= 15 is 0 Å². The lowest BCUT2D eigenvalue weighted by Crippen LogP contribution is -2.40. The van der Waals surface area contributed by atoms with Crippen LogP contribution in [0, 0.1) is 0 Å². The molecule has 0 fully saturated rings. The number of benzene rings is 2. The molecule has 0 aromatic heterocycles. The van der Waals surface area contributed by atoms with Gasteiger partial charge in [-0.15, -0.1) is 0 Å². The summed E-state index contributed by atoms with van der Waals surface area (Å²) in [5, 5.41) is 0.216. The Hall–Kier alpha value is -4.34. The van der Waals surface area contributed by atoms with Gasteiger partial charge in [0.25, 0.3) is 23.6 Å². The number of hydrogen-bond acceptors (Lipinski definition) is 8. The van der Waals surface area contributed by atoms with E-state index in [1.165, 1.54) is 48.5 Å². The highest BCUT2D eigenvalue weighted by molar-refractivity contribution is 6.32. The van der Waals surface area contributed by atoms with Crippen molar-refractivity contribution in [2.24, 2.45) is 0 Å². The fraction of sp³-hybridized carbons (Fsp3) is 0. The maximum atomic E-state index is 12.1. The summed E-state index contributed by atoms with van der Waals surface area (Å²) < 4.78 is 0. The van der Waals surface area contributed by atoms with E-state index in [1.54, 1.807) is 0 Å². The molecule has 0 saturated carbocycles. The van der Waals surface area contributed by atoms with Crippen LogP contribution in [0.15, 0.2) is 48.5 Å². The fourth-order valence-corrected chi connectivity index (χ4v) is 2.74. The number of hydroxylamine groups is 4. The van der Waals surface area contributed by atoms with Gasteiger partial charge in [-0.05, 0) is 24.3 Å². The second-order valence-electron chi connectivity index (χ2n) is 5.66. The van der Waals surface area contributed by atoms with Crippen molar-refractivity contribution >= 4 is 35.6 Å². The molecule has 10 heteroatoms. The number of carbonyl (C=O) groups is 6. The minimum atomic E-state index is -1.76. The highest BCUT2D eigenvalue weighted by Crippen LogP contribution is 2.24. The Labute approximate surface area is 155 Å². The molecule has 0 N–H and O–H groups in total. The Balaban J connectivity index is 1.47. The third-order valence-electron chi connectivity index (χ3n) is 4.03. The summed E-state index contributed by atoms with van der Waals surface area (Å²) in [6.45, 7) is 0. The molecule has 0 spiro atoms. The van der Waals surface area contributed by atoms with Crippen molar-refractivity contribution in [2.75, 3.05) is 0 Å². The van der Waals surface area contributed by atoms with Crippen LogP contribution in [0.5, 0.6) is 0 Å². The second kappa shape index (κ2) is 6.13. The molecule has 138 valence electrons. The molecule has 4 amide bonds. The number of carbonyl (C=O) groups excluding carboxylic acids is 6. The highest BCUT2D eigenvalue weighted by Gasteiger charge is 2.43. The van der Waals surface area contributed by atoms with Gasteiger partial charge >= 0.3 is 11.9 Å². The molecule has 4 rings (SSSR count). The zero-order valence-corrected chi connectivity index (χ0v) is 13.8. The first-order valence-corrected chi connectivity index (χ1v) is 7.80. The smallest absolute Gasteiger partial charge is 0.318 e. The number of nitrogens with zero attached hydrogens (tertiary/aromatic N) is 2. The fourth-order valence-electron chi connectivity index (χ4n) is 2.74. The van der Waals surface area contributed by atoms with Crippen molar-refractivity contribution in [3.63, 3.8) is 0 Å². The van der Waals surface area contributed by atoms with E-state index in [9.17, 15) is 28.8 Å². The molecule has 2 heterocycles. The molecule has 10 nitrogen and oxygen atoms in total. The molecule has 0 atom stereocenters. The SMILES string of the molecule is O=C(ON1C(=O)c2ccccc2C1=O)C(=O)ON1C(=O)c2ccccc2C1=O. The third kappa shape index (κ3) is 2.43. The number of amides is 4. The Bertz CT molecular complexity index is 949. The van der Waals surface area contributed by atoms with Gasteiger partial charge in [-0.1, -0.05) is 34.4 Å². The van der Waals surface area contributed by atoms with Crippen LogP contribution >= 0.6 is 0 Å². The van der Waals surface area contributed by atoms with E-state index in [-0.39, 0.29) is 32.4 Å². The summed E-state index contributed by atoms with van der Waals surface area (Å²) in [6.07, 6.45) is 0. The van der Waals surface area contributed by atoms with Gasteiger partial charge in [0.05, 0.1) is 22.3 Å². The van der Waals surface area contributed by atoms with Gasteiger partial charge in [0.15, 0.2) is 0 Å². The van der Waals surface area contributed by atoms with Gasteiger partial charge in [-0.2, -0.15) is 0 Å². The van der Waals surface area contributed by atoms with Gasteiger partial charge < -0.3 is 9.68 Å². The van der Waals surface area contributed by atoms with Crippen LogP contribution in [0.2, 0.25) is 0 Å². The summed E-state index contributed by atoms with van der Waals surface area (Å²) in [5.41, 5.74) is -0.0222. The van der Waals surface area contributed by atoms with Crippen LogP contribution in [0.4, 0.5) is 0 Å². The number of rotatable bonds is 2. The number of fused-ring (bicyclic) bond motifs is 2. The molecule has 2 aromatic carbocycles. The molecule has 0 bridgehead atoms. The summed E-state index contributed by atoms with van der Waals surface area (Å²) in [4.78, 5) is 81.3. The summed E-state index contributed by atoms with van der Waals surface area (Å²) in [6, 6.07) is 11.4. The maximum Gasteiger partial charge on any atom is 0.444 e. The standard InChI is InChI=1S/C18H8N2O8/c21-13-9-5-1-2-6-10(9)14(22)19(13)27-17(25)18(26)28-20-15(23)11-7-3-4-8-12(11)16(20)24/h1-8H. The van der Waals surface area contributed by atoms with E-state index in [2.05, 4.69) is 9.68 Å². The molecule has 2 aromatic rings. The van der Waals surface area contributed by atoms with Crippen molar-refractivity contribution in [1.82, 2.24) is 10.1 Å². The third-order valence-corrected chi connectivity index (χ3v) is 4.03. The molecule has 0 radical (unpaired) electrons. The Morgan fingerprint density at radius 1 is 0.536 bits per heavy atom. The Morgan fingerprint density at radius 2 is 0.786 bits per heavy atom. The summed E-state index contributed by atoms with van der Waals surface area (Å²) in [7, 11) is 0. The first kappa shape index (κ1) is 17.1. The first-order valence-electron chi connectivity index (χ1n) is 7.80. The Kier molecular flexibility index (Phi) is 3.74. The van der Waals surface area contributed by atoms with Crippen LogP contribution in [-0.2, 0) is 19.3 Å². The van der Waals surface area contributed by atoms with Crippen LogP contribution in [0.3, 0.4) is 0 Å². The van der Waals surface area contributed by atoms with E-state index < -0.39 is 35.6 Å². The number of imide groups is 2. The average Bonchev–Trinajstić information content (AvgIpc) is 3.09. The van der Waals surface area contributed by atoms with E-state index in [0.29, 0.717) is 0 Å². The van der Waals surface area contributed by atoms with Crippen LogP contribution in [0.1, 0.15) is 41.4 Å². The summed E-state index contributed by atoms with van der Waals surface area (Å²) >= 11 is 0. The van der Waals surface area contributed by atoms with E-state index in [4.69, 9.17) is 0 Å². The topological polar surface area (TPSA) is 127 Å². The minimum Gasteiger partial charge on any atom is -0.318 e. The van der Waals surface area contributed by atoms with Crippen molar-refractivity contribution in [3.8, 4) is 0 Å². The van der Waals surface area contributed by atoms with Crippen molar-refractivity contribution in [1.29, 1.82) is 0 Å². The zero-order chi connectivity index (χ0) is 20.0. The van der Waals surface area contributed by atoms with Crippen molar-refractivity contribution in [2.45, 2.75) is 0 Å². The normalized spacial score (nSPS) is 14.9. The van der Waals surface area contributed by atoms with Gasteiger partial charge in [0, 0.05) is 0 Å². The summed E-state index contributed by atoms with van der Waals surface area (Å²) in [5.74, 6) is -7.29. The largest absolute Gasteiger partial charge is 0.444 e. The average molecular weight is 380 g/mol. The quantitative estimate of drug-likeness (QED) is 0.544. The molecule has 28 heavy (non-hydrogen) atoms. The van der Waals surface area contributed by atoms with Crippen molar-refractivity contribution in [3.05, 3.63) is 70.8 Å². The van der Waals surface area contributed by atoms with Gasteiger partial charge in [-0.25, -0.2) is 9.59 Å². The van der Waals surface area contributed by atoms with Crippen LogP contribution in [0.25, 0.3) is 0 Å². The lowest BCUT2D eigenvalue weighted by molar-refractivity contribution is -0.194. The lowest BCUT2D eigenvalue weighted by atomic mass is 10.1. The molecular formula is C18H8N2O8. The predicted octanol–water partition coefficient (Wildman–Crippen LogP) is 0.495. The van der Waals surface area contributed by atoms with Crippen LogP contribution in [-0.4, -0.2) is 45.7 Å². The highest BCUT2D eigenvalue weighted by atomic mass is 16.8. The number of hydrogen-bond donors (Lipinski definition) is 0. The first-order chi connectivity index (χ1) is 13.4. The lowest BCUT2D eigenvalue weighted by Gasteiger charge is -2.14. The zero-order valence-electron chi connectivity index (χ0n) is 13.8. The van der Waals surface area contributed by atoms with Crippen molar-refractivity contribution < 1.29 is 38.4 Å². The monoisotopic (exact) mass is 380 g/mol. The van der Waals surface area contributed by atoms with E-state index in [1.807, 2.05) is 0 Å². The molecule has 2 aliphatic heterocycles. The predicted molar refractivity (Wildman–Crippen MR) is 86.1 cm³/mol. The molecule has 0 saturated heterocycles. The van der Waals surface area contributed by atoms with Gasteiger partial charge in [0.1, 0.15) is 0 Å². The van der Waals surface area contributed by atoms with Gasteiger partial charge in [-0.3, -0.25) is 19.2 Å². The maximum absolute atomic E-state index is 12.1.